The first-order chi connectivity index (χ1) is 9.63. The molecular formula is C16H16N2O2. The quantitative estimate of drug-likeness (QED) is 0.910. The number of anilines is 1. The van der Waals surface area contributed by atoms with Gasteiger partial charge in [0.1, 0.15) is 0 Å². The van der Waals surface area contributed by atoms with E-state index in [1.807, 2.05) is 6.07 Å². The monoisotopic (exact) mass is 268 g/mol. The lowest BCUT2D eigenvalue weighted by atomic mass is 9.99. The third-order valence-corrected chi connectivity index (χ3v) is 3.38. The highest BCUT2D eigenvalue weighted by molar-refractivity contribution is 5.94. The zero-order valence-electron chi connectivity index (χ0n) is 11.5. The van der Waals surface area contributed by atoms with Crippen LogP contribution in [0.3, 0.4) is 0 Å². The molecule has 0 aliphatic carbocycles. The van der Waals surface area contributed by atoms with Crippen LogP contribution < -0.4 is 10.1 Å². The number of benzene rings is 1. The van der Waals surface area contributed by atoms with E-state index in [0.717, 1.165) is 11.1 Å². The van der Waals surface area contributed by atoms with Crippen molar-refractivity contribution >= 4 is 11.7 Å². The zero-order chi connectivity index (χ0) is 14.1. The number of aromatic nitrogens is 1. The lowest BCUT2D eigenvalue weighted by Gasteiger charge is -2.17. The Bertz CT molecular complexity index is 648. The molecule has 0 radical (unpaired) electrons. The second-order valence-corrected chi connectivity index (χ2v) is 5.18. The van der Waals surface area contributed by atoms with E-state index in [0.29, 0.717) is 17.5 Å². The van der Waals surface area contributed by atoms with Crippen molar-refractivity contribution in [2.45, 2.75) is 19.8 Å². The van der Waals surface area contributed by atoms with Crippen molar-refractivity contribution in [3.05, 3.63) is 42.1 Å². The molecule has 0 bridgehead atoms. The van der Waals surface area contributed by atoms with Gasteiger partial charge < -0.3 is 10.1 Å². The molecule has 0 unspecified atom stereocenters. The molecule has 1 amide bonds. The molecule has 4 heteroatoms. The zero-order valence-corrected chi connectivity index (χ0v) is 11.5. The summed E-state index contributed by atoms with van der Waals surface area (Å²) >= 11 is 0. The Morgan fingerprint density at radius 1 is 1.20 bits per heavy atom. The van der Waals surface area contributed by atoms with Gasteiger partial charge in [-0.15, -0.1) is 0 Å². The third kappa shape index (κ3) is 2.37. The normalized spacial score (nSPS) is 13.7. The molecule has 4 nitrogen and oxygen atoms in total. The molecule has 1 aliphatic heterocycles. The first kappa shape index (κ1) is 12.7. The standard InChI is InChI=1S/C16H16N2O2/c1-10(2)11-3-5-12(6-4-11)13-7-14-16(17-8-13)18-15(19)9-20-14/h3-8,10H,9H2,1-2H3,(H,17,18,19). The largest absolute Gasteiger partial charge is 0.480 e. The van der Waals surface area contributed by atoms with Crippen LogP contribution in [0.25, 0.3) is 11.1 Å². The summed E-state index contributed by atoms with van der Waals surface area (Å²) in [7, 11) is 0. The van der Waals surface area contributed by atoms with Gasteiger partial charge in [0.2, 0.25) is 0 Å². The van der Waals surface area contributed by atoms with Crippen molar-refractivity contribution in [2.24, 2.45) is 0 Å². The van der Waals surface area contributed by atoms with E-state index in [9.17, 15) is 4.79 Å². The van der Waals surface area contributed by atoms with Crippen molar-refractivity contribution in [3.8, 4) is 16.9 Å². The van der Waals surface area contributed by atoms with Crippen LogP contribution in [-0.2, 0) is 4.79 Å². The molecule has 0 saturated heterocycles. The molecule has 1 aliphatic rings. The van der Waals surface area contributed by atoms with Gasteiger partial charge in [0.05, 0.1) is 0 Å². The maximum absolute atomic E-state index is 11.2. The van der Waals surface area contributed by atoms with Crippen LogP contribution in [0.15, 0.2) is 36.5 Å². The summed E-state index contributed by atoms with van der Waals surface area (Å²) in [5, 5.41) is 2.69. The second kappa shape index (κ2) is 4.96. The van der Waals surface area contributed by atoms with Gasteiger partial charge in [-0.2, -0.15) is 0 Å². The lowest BCUT2D eigenvalue weighted by Crippen LogP contribution is -2.26. The number of nitrogens with one attached hydrogen (secondary N) is 1. The maximum Gasteiger partial charge on any atom is 0.263 e. The Labute approximate surface area is 117 Å². The van der Waals surface area contributed by atoms with Crippen LogP contribution in [-0.4, -0.2) is 17.5 Å². The van der Waals surface area contributed by atoms with Gasteiger partial charge in [-0.25, -0.2) is 4.98 Å². The van der Waals surface area contributed by atoms with Crippen molar-refractivity contribution < 1.29 is 9.53 Å². The highest BCUT2D eigenvalue weighted by Crippen LogP contribution is 2.31. The topological polar surface area (TPSA) is 51.2 Å². The predicted molar refractivity (Wildman–Crippen MR) is 77.9 cm³/mol. The molecular weight excluding hydrogens is 252 g/mol. The molecule has 20 heavy (non-hydrogen) atoms. The second-order valence-electron chi connectivity index (χ2n) is 5.18. The molecule has 0 fully saturated rings. The highest BCUT2D eigenvalue weighted by Gasteiger charge is 2.17. The summed E-state index contributed by atoms with van der Waals surface area (Å²) in [5.41, 5.74) is 3.38. The van der Waals surface area contributed by atoms with Gasteiger partial charge in [0.25, 0.3) is 5.91 Å². The Morgan fingerprint density at radius 3 is 2.65 bits per heavy atom. The van der Waals surface area contributed by atoms with Gasteiger partial charge in [-0.05, 0) is 23.1 Å². The van der Waals surface area contributed by atoms with Gasteiger partial charge in [-0.3, -0.25) is 4.79 Å². The Hall–Kier alpha value is -2.36. The minimum Gasteiger partial charge on any atom is -0.480 e. The minimum atomic E-state index is -0.168. The number of hydrogen-bond donors (Lipinski definition) is 1. The highest BCUT2D eigenvalue weighted by atomic mass is 16.5. The van der Waals surface area contributed by atoms with E-state index < -0.39 is 0 Å². The molecule has 1 aromatic heterocycles. The average Bonchev–Trinajstić information content (AvgIpc) is 2.47. The molecule has 2 aromatic rings. The summed E-state index contributed by atoms with van der Waals surface area (Å²) in [6, 6.07) is 10.3. The number of carbonyl (C=O) groups excluding carboxylic acids is 1. The van der Waals surface area contributed by atoms with Gasteiger partial charge in [-0.1, -0.05) is 38.1 Å². The number of rotatable bonds is 2. The fourth-order valence-corrected chi connectivity index (χ4v) is 2.18. The summed E-state index contributed by atoms with van der Waals surface area (Å²) in [5.74, 6) is 1.46. The lowest BCUT2D eigenvalue weighted by molar-refractivity contribution is -0.118. The van der Waals surface area contributed by atoms with Crippen LogP contribution in [0.5, 0.6) is 5.75 Å². The first-order valence-electron chi connectivity index (χ1n) is 6.66. The fraction of sp³-hybridized carbons (Fsp3) is 0.250. The number of nitrogens with zero attached hydrogens (tertiary/aromatic N) is 1. The van der Waals surface area contributed by atoms with Gasteiger partial charge in [0, 0.05) is 11.8 Å². The van der Waals surface area contributed by atoms with Crippen LogP contribution >= 0.6 is 0 Å². The molecule has 102 valence electrons. The maximum atomic E-state index is 11.2. The van der Waals surface area contributed by atoms with E-state index in [4.69, 9.17) is 4.74 Å². The fourth-order valence-electron chi connectivity index (χ4n) is 2.18. The van der Waals surface area contributed by atoms with Gasteiger partial charge >= 0.3 is 0 Å². The molecule has 0 atom stereocenters. The van der Waals surface area contributed by atoms with E-state index in [-0.39, 0.29) is 12.5 Å². The van der Waals surface area contributed by atoms with Crippen molar-refractivity contribution in [3.63, 3.8) is 0 Å². The molecule has 1 aromatic carbocycles. The van der Waals surface area contributed by atoms with Crippen LogP contribution in [0.2, 0.25) is 0 Å². The summed E-state index contributed by atoms with van der Waals surface area (Å²) in [6.07, 6.45) is 1.75. The van der Waals surface area contributed by atoms with Crippen LogP contribution in [0, 0.1) is 0 Å². The molecule has 2 heterocycles. The Kier molecular flexibility index (Phi) is 3.14. The smallest absolute Gasteiger partial charge is 0.263 e. The average molecular weight is 268 g/mol. The molecule has 3 rings (SSSR count). The van der Waals surface area contributed by atoms with E-state index in [2.05, 4.69) is 48.4 Å². The Balaban J connectivity index is 1.92. The number of ether oxygens (including phenoxy) is 1. The van der Waals surface area contributed by atoms with Crippen LogP contribution in [0.4, 0.5) is 5.82 Å². The van der Waals surface area contributed by atoms with E-state index >= 15 is 0 Å². The number of fused-ring (bicyclic) bond motifs is 1. The molecule has 1 N–H and O–H groups in total. The number of pyridine rings is 1. The van der Waals surface area contributed by atoms with Gasteiger partial charge in [0.15, 0.2) is 18.2 Å². The Morgan fingerprint density at radius 2 is 1.95 bits per heavy atom. The molecule has 0 saturated carbocycles. The number of hydrogen-bond acceptors (Lipinski definition) is 3. The summed E-state index contributed by atoms with van der Waals surface area (Å²) in [4.78, 5) is 15.5. The minimum absolute atomic E-state index is 0.0461. The third-order valence-electron chi connectivity index (χ3n) is 3.38. The first-order valence-corrected chi connectivity index (χ1v) is 6.66. The predicted octanol–water partition coefficient (Wildman–Crippen LogP) is 3.20. The van der Waals surface area contributed by atoms with Crippen molar-refractivity contribution in [1.82, 2.24) is 4.98 Å². The van der Waals surface area contributed by atoms with Crippen LogP contribution in [0.1, 0.15) is 25.3 Å². The van der Waals surface area contributed by atoms with E-state index in [1.54, 1.807) is 6.20 Å². The van der Waals surface area contributed by atoms with Crippen molar-refractivity contribution in [2.75, 3.05) is 11.9 Å². The summed E-state index contributed by atoms with van der Waals surface area (Å²) in [6.45, 7) is 4.39. The SMILES string of the molecule is CC(C)c1ccc(-c2cnc3c(c2)OCC(=O)N3)cc1. The summed E-state index contributed by atoms with van der Waals surface area (Å²) < 4.78 is 5.39. The molecule has 0 spiro atoms. The number of amides is 1. The van der Waals surface area contributed by atoms with E-state index in [1.165, 1.54) is 5.56 Å². The van der Waals surface area contributed by atoms with Crippen molar-refractivity contribution in [1.29, 1.82) is 0 Å². The number of carbonyl (C=O) groups is 1.